The molecule has 0 fully saturated rings. The fourth-order valence-corrected chi connectivity index (χ4v) is 1.91. The molecule has 0 amide bonds. The Morgan fingerprint density at radius 2 is 1.94 bits per heavy atom. The molecule has 1 heterocycles. The van der Waals surface area contributed by atoms with Gasteiger partial charge in [0.05, 0.1) is 10.0 Å². The summed E-state index contributed by atoms with van der Waals surface area (Å²) in [6.07, 6.45) is 3.27. The number of aromatic nitrogens is 2. The monoisotopic (exact) mass is 267 g/mol. The van der Waals surface area contributed by atoms with Gasteiger partial charge in [0, 0.05) is 24.5 Å². The van der Waals surface area contributed by atoms with Gasteiger partial charge in [-0.2, -0.15) is 0 Å². The van der Waals surface area contributed by atoms with Crippen LogP contribution in [0.25, 0.3) is 11.3 Å². The second-order valence-electron chi connectivity index (χ2n) is 3.39. The van der Waals surface area contributed by atoms with Crippen LogP contribution in [0, 0.1) is 0 Å². The minimum absolute atomic E-state index is 0.494. The molecule has 0 atom stereocenters. The third-order valence-corrected chi connectivity index (χ3v) is 3.07. The van der Waals surface area contributed by atoms with Crippen LogP contribution < -0.4 is 5.32 Å². The van der Waals surface area contributed by atoms with E-state index in [1.54, 1.807) is 18.5 Å². The Balaban J connectivity index is 2.56. The highest BCUT2D eigenvalue weighted by Crippen LogP contribution is 2.34. The highest BCUT2D eigenvalue weighted by Gasteiger charge is 2.12. The largest absolute Gasteiger partial charge is 0.369 e. The third kappa shape index (κ3) is 2.51. The van der Waals surface area contributed by atoms with Gasteiger partial charge in [0.15, 0.2) is 5.82 Å². The summed E-state index contributed by atoms with van der Waals surface area (Å²) in [4.78, 5) is 8.54. The first kappa shape index (κ1) is 12.1. The molecular weight excluding hydrogens is 257 g/mol. The lowest BCUT2D eigenvalue weighted by Gasteiger charge is -2.10. The van der Waals surface area contributed by atoms with Crippen molar-refractivity contribution >= 4 is 29.0 Å². The molecule has 1 N–H and O–H groups in total. The normalized spacial score (nSPS) is 10.3. The molecule has 3 nitrogen and oxygen atoms in total. The summed E-state index contributed by atoms with van der Waals surface area (Å²) < 4.78 is 0. The average molecular weight is 268 g/mol. The molecule has 1 aromatic heterocycles. The number of anilines is 1. The number of benzene rings is 1. The van der Waals surface area contributed by atoms with Crippen LogP contribution in [0.3, 0.4) is 0 Å². The van der Waals surface area contributed by atoms with E-state index < -0.39 is 0 Å². The Hall–Kier alpha value is -1.32. The SMILES string of the molecule is CCNc1nccnc1-c1cccc(Cl)c1Cl. The van der Waals surface area contributed by atoms with Crippen molar-refractivity contribution in [2.24, 2.45) is 0 Å². The molecule has 17 heavy (non-hydrogen) atoms. The highest BCUT2D eigenvalue weighted by molar-refractivity contribution is 6.43. The van der Waals surface area contributed by atoms with Gasteiger partial charge in [0.2, 0.25) is 0 Å². The van der Waals surface area contributed by atoms with Gasteiger partial charge in [-0.25, -0.2) is 4.98 Å². The summed E-state index contributed by atoms with van der Waals surface area (Å²) in [6.45, 7) is 2.77. The Morgan fingerprint density at radius 1 is 1.18 bits per heavy atom. The van der Waals surface area contributed by atoms with Crippen LogP contribution >= 0.6 is 23.2 Å². The van der Waals surface area contributed by atoms with E-state index in [0.717, 1.165) is 12.1 Å². The van der Waals surface area contributed by atoms with E-state index in [1.165, 1.54) is 0 Å². The Morgan fingerprint density at radius 3 is 2.71 bits per heavy atom. The van der Waals surface area contributed by atoms with Gasteiger partial charge in [-0.3, -0.25) is 4.98 Å². The molecule has 1 aromatic carbocycles. The zero-order valence-electron chi connectivity index (χ0n) is 9.24. The maximum Gasteiger partial charge on any atom is 0.152 e. The summed E-state index contributed by atoms with van der Waals surface area (Å²) in [5.41, 5.74) is 1.49. The van der Waals surface area contributed by atoms with Gasteiger partial charge in [0.25, 0.3) is 0 Å². The van der Waals surface area contributed by atoms with Gasteiger partial charge < -0.3 is 5.32 Å². The minimum atomic E-state index is 0.494. The summed E-state index contributed by atoms with van der Waals surface area (Å²) in [5.74, 6) is 0.708. The molecule has 0 saturated carbocycles. The topological polar surface area (TPSA) is 37.8 Å². The lowest BCUT2D eigenvalue weighted by molar-refractivity contribution is 1.12. The number of hydrogen-bond donors (Lipinski definition) is 1. The van der Waals surface area contributed by atoms with Crippen LogP contribution in [0.1, 0.15) is 6.92 Å². The van der Waals surface area contributed by atoms with Crippen molar-refractivity contribution in [2.45, 2.75) is 6.92 Å². The molecule has 0 aliphatic rings. The third-order valence-electron chi connectivity index (χ3n) is 2.25. The van der Waals surface area contributed by atoms with Crippen LogP contribution in [0.15, 0.2) is 30.6 Å². The zero-order chi connectivity index (χ0) is 12.3. The van der Waals surface area contributed by atoms with Crippen molar-refractivity contribution < 1.29 is 0 Å². The predicted molar refractivity (Wildman–Crippen MR) is 71.7 cm³/mol. The Labute approximate surface area is 110 Å². The summed E-state index contributed by atoms with van der Waals surface area (Å²) >= 11 is 12.2. The smallest absolute Gasteiger partial charge is 0.152 e. The van der Waals surface area contributed by atoms with Gasteiger partial charge in [-0.05, 0) is 13.0 Å². The zero-order valence-corrected chi connectivity index (χ0v) is 10.8. The first-order valence-electron chi connectivity index (χ1n) is 5.23. The fraction of sp³-hybridized carbons (Fsp3) is 0.167. The molecule has 0 aliphatic carbocycles. The quantitative estimate of drug-likeness (QED) is 0.917. The highest BCUT2D eigenvalue weighted by atomic mass is 35.5. The van der Waals surface area contributed by atoms with Crippen molar-refractivity contribution in [2.75, 3.05) is 11.9 Å². The minimum Gasteiger partial charge on any atom is -0.369 e. The summed E-state index contributed by atoms with van der Waals surface area (Å²) in [5, 5.41) is 4.15. The second-order valence-corrected chi connectivity index (χ2v) is 4.17. The maximum absolute atomic E-state index is 6.17. The fourth-order valence-electron chi connectivity index (χ4n) is 1.52. The first-order valence-corrected chi connectivity index (χ1v) is 5.99. The van der Waals surface area contributed by atoms with E-state index in [0.29, 0.717) is 21.6 Å². The van der Waals surface area contributed by atoms with Gasteiger partial charge in [0.1, 0.15) is 5.69 Å². The van der Waals surface area contributed by atoms with Crippen molar-refractivity contribution in [3.63, 3.8) is 0 Å². The number of hydrogen-bond acceptors (Lipinski definition) is 3. The van der Waals surface area contributed by atoms with Crippen molar-refractivity contribution in [1.29, 1.82) is 0 Å². The van der Waals surface area contributed by atoms with E-state index in [2.05, 4.69) is 15.3 Å². The number of halogens is 2. The molecule has 0 aliphatic heterocycles. The second kappa shape index (κ2) is 5.34. The van der Waals surface area contributed by atoms with Gasteiger partial charge >= 0.3 is 0 Å². The first-order chi connectivity index (χ1) is 8.24. The molecule has 2 rings (SSSR count). The molecule has 5 heteroatoms. The summed E-state index contributed by atoms with van der Waals surface area (Å²) in [6, 6.07) is 5.46. The van der Waals surface area contributed by atoms with Gasteiger partial charge in [-0.15, -0.1) is 0 Å². The van der Waals surface area contributed by atoms with Crippen LogP contribution in [-0.4, -0.2) is 16.5 Å². The number of nitrogens with one attached hydrogen (secondary N) is 1. The van der Waals surface area contributed by atoms with Crippen molar-refractivity contribution in [3.8, 4) is 11.3 Å². The van der Waals surface area contributed by atoms with Crippen LogP contribution in [0.2, 0.25) is 10.0 Å². The molecule has 2 aromatic rings. The van der Waals surface area contributed by atoms with Crippen LogP contribution in [0.4, 0.5) is 5.82 Å². The van der Waals surface area contributed by atoms with Crippen molar-refractivity contribution in [1.82, 2.24) is 9.97 Å². The summed E-state index contributed by atoms with van der Waals surface area (Å²) in [7, 11) is 0. The van der Waals surface area contributed by atoms with E-state index in [1.807, 2.05) is 19.1 Å². The van der Waals surface area contributed by atoms with E-state index in [4.69, 9.17) is 23.2 Å². The lowest BCUT2D eigenvalue weighted by atomic mass is 10.1. The lowest BCUT2D eigenvalue weighted by Crippen LogP contribution is -2.02. The number of rotatable bonds is 3. The molecule has 0 spiro atoms. The van der Waals surface area contributed by atoms with Crippen molar-refractivity contribution in [3.05, 3.63) is 40.6 Å². The van der Waals surface area contributed by atoms with E-state index in [9.17, 15) is 0 Å². The van der Waals surface area contributed by atoms with Crippen LogP contribution in [-0.2, 0) is 0 Å². The Bertz CT molecular complexity index is 529. The molecule has 88 valence electrons. The molecule has 0 bridgehead atoms. The maximum atomic E-state index is 6.17. The standard InChI is InChI=1S/C12H11Cl2N3/c1-2-15-12-11(16-6-7-17-12)8-4-3-5-9(13)10(8)14/h3-7H,2H2,1H3,(H,15,17). The Kier molecular flexibility index (Phi) is 3.82. The van der Waals surface area contributed by atoms with E-state index in [-0.39, 0.29) is 0 Å². The van der Waals surface area contributed by atoms with Gasteiger partial charge in [-0.1, -0.05) is 35.3 Å². The predicted octanol–water partition coefficient (Wildman–Crippen LogP) is 3.88. The molecule has 0 radical (unpaired) electrons. The number of nitrogens with zero attached hydrogens (tertiary/aromatic N) is 2. The molecule has 0 unspecified atom stereocenters. The average Bonchev–Trinajstić information content (AvgIpc) is 2.34. The molecule has 0 saturated heterocycles. The van der Waals surface area contributed by atoms with E-state index >= 15 is 0 Å². The molecular formula is C12H11Cl2N3. The van der Waals surface area contributed by atoms with Crippen LogP contribution in [0.5, 0.6) is 0 Å².